The van der Waals surface area contributed by atoms with Gasteiger partial charge in [-0.1, -0.05) is 17.8 Å². The summed E-state index contributed by atoms with van der Waals surface area (Å²) < 4.78 is 24.7. The van der Waals surface area contributed by atoms with E-state index in [1.165, 1.54) is 16.7 Å². The van der Waals surface area contributed by atoms with Gasteiger partial charge in [0.15, 0.2) is 9.84 Å². The van der Waals surface area contributed by atoms with Gasteiger partial charge in [0, 0.05) is 18.0 Å². The molecule has 1 atom stereocenters. The minimum Gasteiger partial charge on any atom is -0.341 e. The lowest BCUT2D eigenvalue weighted by atomic mass is 10.2. The second-order valence-electron chi connectivity index (χ2n) is 5.55. The van der Waals surface area contributed by atoms with Crippen LogP contribution in [0.4, 0.5) is 0 Å². The van der Waals surface area contributed by atoms with Crippen LogP contribution in [0.2, 0.25) is 0 Å². The Bertz CT molecular complexity index is 803. The molecule has 1 aliphatic rings. The molecule has 1 unspecified atom stereocenters. The predicted octanol–water partition coefficient (Wildman–Crippen LogP) is 0.520. The molecule has 0 aliphatic carbocycles. The lowest BCUT2D eigenvalue weighted by Crippen LogP contribution is -2.38. The number of sulfone groups is 1. The maximum absolute atomic E-state index is 12.3. The molecule has 24 heavy (non-hydrogen) atoms. The molecule has 1 fully saturated rings. The molecule has 130 valence electrons. The maximum atomic E-state index is 12.3. The van der Waals surface area contributed by atoms with Crippen LogP contribution in [0.5, 0.6) is 0 Å². The summed E-state index contributed by atoms with van der Waals surface area (Å²) in [4.78, 5) is 15.0. The lowest BCUT2D eigenvalue weighted by Gasteiger charge is -2.23. The molecule has 0 spiro atoms. The molecule has 0 bridgehead atoms. The largest absolute Gasteiger partial charge is 0.341 e. The number of rotatable bonds is 6. The van der Waals surface area contributed by atoms with Crippen molar-refractivity contribution in [3.8, 4) is 0 Å². The Hall–Kier alpha value is -1.46. The van der Waals surface area contributed by atoms with Gasteiger partial charge < -0.3 is 4.90 Å². The van der Waals surface area contributed by atoms with E-state index in [2.05, 4.69) is 15.5 Å². The van der Waals surface area contributed by atoms with Crippen LogP contribution in [0.1, 0.15) is 11.3 Å². The molecule has 3 heterocycles. The molecule has 2 aromatic heterocycles. The SMILES string of the molecule is CN(C(=O)CSc1nnnn1Cc1cccs1)C1CCS(=O)(=O)C1. The topological polar surface area (TPSA) is 98.1 Å². The van der Waals surface area contributed by atoms with E-state index in [0.29, 0.717) is 18.1 Å². The fraction of sp³-hybridized carbons (Fsp3) is 0.538. The van der Waals surface area contributed by atoms with Crippen molar-refractivity contribution >= 4 is 38.8 Å². The summed E-state index contributed by atoms with van der Waals surface area (Å²) in [7, 11) is -1.35. The zero-order valence-electron chi connectivity index (χ0n) is 13.0. The smallest absolute Gasteiger partial charge is 0.233 e. The Morgan fingerprint density at radius 2 is 2.38 bits per heavy atom. The summed E-state index contributed by atoms with van der Waals surface area (Å²) in [5.74, 6) is 0.266. The number of hydrogen-bond acceptors (Lipinski definition) is 8. The van der Waals surface area contributed by atoms with Gasteiger partial charge in [0.25, 0.3) is 0 Å². The van der Waals surface area contributed by atoms with Gasteiger partial charge in [0.05, 0.1) is 23.8 Å². The van der Waals surface area contributed by atoms with Gasteiger partial charge in [0.2, 0.25) is 11.1 Å². The molecule has 0 N–H and O–H groups in total. The molecule has 3 rings (SSSR count). The van der Waals surface area contributed by atoms with Crippen molar-refractivity contribution in [2.75, 3.05) is 24.3 Å². The molecule has 2 aromatic rings. The molecular formula is C13H17N5O3S3. The highest BCUT2D eigenvalue weighted by atomic mass is 32.2. The van der Waals surface area contributed by atoms with E-state index in [9.17, 15) is 13.2 Å². The fourth-order valence-corrected chi connectivity index (χ4v) is 5.72. The monoisotopic (exact) mass is 387 g/mol. The van der Waals surface area contributed by atoms with E-state index in [1.807, 2.05) is 17.5 Å². The minimum atomic E-state index is -3.00. The van der Waals surface area contributed by atoms with E-state index >= 15 is 0 Å². The molecule has 8 nitrogen and oxygen atoms in total. The van der Waals surface area contributed by atoms with Gasteiger partial charge in [-0.15, -0.1) is 16.4 Å². The van der Waals surface area contributed by atoms with Crippen LogP contribution in [0.25, 0.3) is 0 Å². The number of aromatic nitrogens is 4. The van der Waals surface area contributed by atoms with E-state index in [1.54, 1.807) is 23.1 Å². The van der Waals surface area contributed by atoms with Gasteiger partial charge in [-0.05, 0) is 28.3 Å². The highest BCUT2D eigenvalue weighted by molar-refractivity contribution is 7.99. The maximum Gasteiger partial charge on any atom is 0.233 e. The first-order chi connectivity index (χ1) is 11.4. The Labute approximate surface area is 148 Å². The molecule has 1 saturated heterocycles. The fourth-order valence-electron chi connectivity index (χ4n) is 2.46. The van der Waals surface area contributed by atoms with Gasteiger partial charge in [0.1, 0.15) is 0 Å². The summed E-state index contributed by atoms with van der Waals surface area (Å²) in [5, 5.41) is 14.1. The average molecular weight is 388 g/mol. The van der Waals surface area contributed by atoms with Crippen LogP contribution in [0, 0.1) is 0 Å². The predicted molar refractivity (Wildman–Crippen MR) is 91.8 cm³/mol. The average Bonchev–Trinajstić information content (AvgIpc) is 3.26. The van der Waals surface area contributed by atoms with Gasteiger partial charge in [-0.3, -0.25) is 4.79 Å². The summed E-state index contributed by atoms with van der Waals surface area (Å²) >= 11 is 2.88. The Kier molecular flexibility index (Phi) is 5.21. The number of nitrogens with zero attached hydrogens (tertiary/aromatic N) is 5. The van der Waals surface area contributed by atoms with Gasteiger partial charge in [-0.25, -0.2) is 13.1 Å². The van der Waals surface area contributed by atoms with Crippen LogP contribution in [-0.2, 0) is 21.2 Å². The first-order valence-electron chi connectivity index (χ1n) is 7.32. The van der Waals surface area contributed by atoms with Crippen molar-refractivity contribution < 1.29 is 13.2 Å². The number of thioether (sulfide) groups is 1. The first-order valence-corrected chi connectivity index (χ1v) is 11.0. The van der Waals surface area contributed by atoms with Crippen molar-refractivity contribution in [1.29, 1.82) is 0 Å². The quantitative estimate of drug-likeness (QED) is 0.667. The number of carbonyl (C=O) groups is 1. The highest BCUT2D eigenvalue weighted by Gasteiger charge is 2.32. The van der Waals surface area contributed by atoms with Crippen molar-refractivity contribution in [1.82, 2.24) is 25.1 Å². The third-order valence-electron chi connectivity index (χ3n) is 3.86. The molecule has 0 aromatic carbocycles. The van der Waals surface area contributed by atoms with Crippen LogP contribution >= 0.6 is 23.1 Å². The number of carbonyl (C=O) groups excluding carboxylic acids is 1. The van der Waals surface area contributed by atoms with E-state index in [-0.39, 0.29) is 29.2 Å². The third-order valence-corrected chi connectivity index (χ3v) is 7.41. The third kappa shape index (κ3) is 4.14. The van der Waals surface area contributed by atoms with Crippen molar-refractivity contribution in [2.24, 2.45) is 0 Å². The number of tetrazole rings is 1. The number of hydrogen-bond donors (Lipinski definition) is 0. The van der Waals surface area contributed by atoms with Crippen LogP contribution in [0.3, 0.4) is 0 Å². The summed E-state index contributed by atoms with van der Waals surface area (Å²) in [6, 6.07) is 3.73. The molecule has 1 aliphatic heterocycles. The lowest BCUT2D eigenvalue weighted by molar-refractivity contribution is -0.128. The second kappa shape index (κ2) is 7.19. The summed E-state index contributed by atoms with van der Waals surface area (Å²) in [6.45, 7) is 0.567. The normalized spacial score (nSPS) is 19.5. The van der Waals surface area contributed by atoms with Gasteiger partial charge in [-0.2, -0.15) is 0 Å². The summed E-state index contributed by atoms with van der Waals surface area (Å²) in [5.41, 5.74) is 0. The molecule has 0 radical (unpaired) electrons. The highest BCUT2D eigenvalue weighted by Crippen LogP contribution is 2.20. The van der Waals surface area contributed by atoms with Crippen molar-refractivity contribution in [3.05, 3.63) is 22.4 Å². The molecule has 1 amide bonds. The van der Waals surface area contributed by atoms with Crippen LogP contribution in [0.15, 0.2) is 22.7 Å². The number of amides is 1. The Balaban J connectivity index is 1.56. The van der Waals surface area contributed by atoms with E-state index < -0.39 is 9.84 Å². The molecule has 11 heteroatoms. The first kappa shape index (κ1) is 17.4. The van der Waals surface area contributed by atoms with Crippen LogP contribution < -0.4 is 0 Å². The zero-order valence-corrected chi connectivity index (χ0v) is 15.5. The van der Waals surface area contributed by atoms with Crippen LogP contribution in [-0.4, -0.2) is 69.8 Å². The van der Waals surface area contributed by atoms with Gasteiger partial charge >= 0.3 is 0 Å². The second-order valence-corrected chi connectivity index (χ2v) is 9.75. The molecule has 0 saturated carbocycles. The standard InChI is InChI=1S/C13H17N5O3S3/c1-17(10-4-6-24(20,21)9-10)12(19)8-23-13-14-15-16-18(13)7-11-3-2-5-22-11/h2-3,5,10H,4,6-9H2,1H3. The number of thiophene rings is 1. The Morgan fingerprint density at radius 3 is 3.04 bits per heavy atom. The summed E-state index contributed by atoms with van der Waals surface area (Å²) in [6.07, 6.45) is 0.505. The zero-order chi connectivity index (χ0) is 17.2. The van der Waals surface area contributed by atoms with Crippen molar-refractivity contribution in [3.63, 3.8) is 0 Å². The van der Waals surface area contributed by atoms with E-state index in [4.69, 9.17) is 0 Å². The minimum absolute atomic E-state index is 0.0516. The van der Waals surface area contributed by atoms with Crippen molar-refractivity contribution in [2.45, 2.75) is 24.2 Å². The Morgan fingerprint density at radius 1 is 1.54 bits per heavy atom. The van der Waals surface area contributed by atoms with E-state index in [0.717, 1.165) is 4.88 Å². The molecular weight excluding hydrogens is 370 g/mol.